The van der Waals surface area contributed by atoms with Gasteiger partial charge in [0.1, 0.15) is 9.77 Å². The number of sulfonamides is 1. The number of esters is 1. The maximum absolute atomic E-state index is 13.1. The van der Waals surface area contributed by atoms with Crippen LogP contribution in [0.2, 0.25) is 5.02 Å². The van der Waals surface area contributed by atoms with E-state index in [-0.39, 0.29) is 25.5 Å². The number of thiazole rings is 1. The van der Waals surface area contributed by atoms with Crippen LogP contribution in [0.25, 0.3) is 0 Å². The third-order valence-electron chi connectivity index (χ3n) is 4.76. The Bertz CT molecular complexity index is 1060. The largest absolute Gasteiger partial charge is 0.465 e. The highest BCUT2D eigenvalue weighted by Gasteiger charge is 2.28. The fourth-order valence-corrected chi connectivity index (χ4v) is 6.06. The maximum atomic E-state index is 13.1. The van der Waals surface area contributed by atoms with Crippen molar-refractivity contribution in [2.24, 2.45) is 0 Å². The van der Waals surface area contributed by atoms with E-state index in [2.05, 4.69) is 15.0 Å². The van der Waals surface area contributed by atoms with E-state index < -0.39 is 21.9 Å². The van der Waals surface area contributed by atoms with Crippen molar-refractivity contribution in [2.75, 3.05) is 25.5 Å². The van der Waals surface area contributed by atoms with E-state index in [1.54, 1.807) is 6.92 Å². The number of nitrogens with one attached hydrogen (secondary N) is 1. The number of rotatable bonds is 5. The lowest BCUT2D eigenvalue weighted by Crippen LogP contribution is -2.32. The van der Waals surface area contributed by atoms with Crippen LogP contribution in [0.15, 0.2) is 23.1 Å². The van der Waals surface area contributed by atoms with E-state index in [1.165, 1.54) is 29.6 Å². The van der Waals surface area contributed by atoms with E-state index in [4.69, 9.17) is 11.6 Å². The Morgan fingerprint density at radius 1 is 1.20 bits per heavy atom. The van der Waals surface area contributed by atoms with Crippen LogP contribution < -0.4 is 5.32 Å². The average Bonchev–Trinajstić information content (AvgIpc) is 2.91. The van der Waals surface area contributed by atoms with Crippen molar-refractivity contribution >= 4 is 50.0 Å². The molecule has 1 aliphatic heterocycles. The SMILES string of the molecule is COC(=O)c1sc(NC(=O)c2ccc(Cl)c(S(=O)(=O)N3CCCCCC3)c2)nc1C. The van der Waals surface area contributed by atoms with Gasteiger partial charge < -0.3 is 4.74 Å². The molecule has 1 N–H and O–H groups in total. The summed E-state index contributed by atoms with van der Waals surface area (Å²) in [5.41, 5.74) is 0.558. The fourth-order valence-electron chi connectivity index (χ4n) is 3.16. The van der Waals surface area contributed by atoms with Crippen LogP contribution >= 0.6 is 22.9 Å². The molecule has 0 radical (unpaired) electrons. The van der Waals surface area contributed by atoms with Crippen LogP contribution in [-0.2, 0) is 14.8 Å². The first-order chi connectivity index (χ1) is 14.2. The van der Waals surface area contributed by atoms with Crippen LogP contribution in [0.5, 0.6) is 0 Å². The van der Waals surface area contributed by atoms with Gasteiger partial charge in [0.25, 0.3) is 5.91 Å². The first kappa shape index (κ1) is 22.7. The molecule has 0 aliphatic carbocycles. The summed E-state index contributed by atoms with van der Waals surface area (Å²) in [7, 11) is -2.55. The number of nitrogens with zero attached hydrogens (tertiary/aromatic N) is 2. The highest BCUT2D eigenvalue weighted by molar-refractivity contribution is 7.89. The summed E-state index contributed by atoms with van der Waals surface area (Å²) >= 11 is 7.16. The second-order valence-corrected chi connectivity index (χ2v) is 10.2. The van der Waals surface area contributed by atoms with Crippen LogP contribution in [0.3, 0.4) is 0 Å². The van der Waals surface area contributed by atoms with Crippen LogP contribution in [0, 0.1) is 6.92 Å². The van der Waals surface area contributed by atoms with Gasteiger partial charge in [0, 0.05) is 18.7 Å². The third-order valence-corrected chi connectivity index (χ3v) is 8.20. The van der Waals surface area contributed by atoms with Crippen LogP contribution in [0.1, 0.15) is 51.4 Å². The zero-order valence-electron chi connectivity index (χ0n) is 16.6. The first-order valence-electron chi connectivity index (χ1n) is 9.41. The molecule has 1 aromatic carbocycles. The van der Waals surface area contributed by atoms with Gasteiger partial charge in [-0.15, -0.1) is 0 Å². The molecule has 11 heteroatoms. The number of hydrogen-bond donors (Lipinski definition) is 1. The number of methoxy groups -OCH3 is 1. The molecular formula is C19H22ClN3O5S2. The Kier molecular flexibility index (Phi) is 7.12. The minimum Gasteiger partial charge on any atom is -0.465 e. The summed E-state index contributed by atoms with van der Waals surface area (Å²) in [5, 5.41) is 2.87. The minimum atomic E-state index is -3.81. The average molecular weight is 472 g/mol. The predicted octanol–water partition coefficient (Wildman–Crippen LogP) is 3.71. The molecule has 0 saturated carbocycles. The summed E-state index contributed by atoms with van der Waals surface area (Å²) in [6, 6.07) is 4.12. The molecule has 30 heavy (non-hydrogen) atoms. The molecule has 0 atom stereocenters. The third kappa shape index (κ3) is 4.83. The summed E-state index contributed by atoms with van der Waals surface area (Å²) in [6.45, 7) is 2.50. The van der Waals surface area contributed by atoms with Gasteiger partial charge in [0.2, 0.25) is 10.0 Å². The number of benzene rings is 1. The first-order valence-corrected chi connectivity index (χ1v) is 12.0. The molecule has 1 fully saturated rings. The molecule has 0 spiro atoms. The number of carbonyl (C=O) groups is 2. The monoisotopic (exact) mass is 471 g/mol. The Morgan fingerprint density at radius 2 is 1.87 bits per heavy atom. The number of aromatic nitrogens is 1. The van der Waals surface area contributed by atoms with Crippen molar-refractivity contribution in [3.8, 4) is 0 Å². The Morgan fingerprint density at radius 3 is 2.50 bits per heavy atom. The van der Waals surface area contributed by atoms with Crippen molar-refractivity contribution in [3.63, 3.8) is 0 Å². The summed E-state index contributed by atoms with van der Waals surface area (Å²) < 4.78 is 32.3. The standard InChI is InChI=1S/C19H22ClN3O5S2/c1-12-16(18(25)28-2)29-19(21-12)22-17(24)13-7-8-14(20)15(11-13)30(26,27)23-9-5-3-4-6-10-23/h7-8,11H,3-6,9-10H2,1-2H3,(H,21,22,24). The number of halogens is 1. The number of ether oxygens (including phenoxy) is 1. The molecule has 2 aromatic rings. The van der Waals surface area contributed by atoms with Gasteiger partial charge in [0.05, 0.1) is 17.8 Å². The van der Waals surface area contributed by atoms with E-state index in [0.717, 1.165) is 37.0 Å². The molecule has 1 saturated heterocycles. The van der Waals surface area contributed by atoms with Gasteiger partial charge in [-0.05, 0) is 38.0 Å². The van der Waals surface area contributed by atoms with Crippen molar-refractivity contribution in [2.45, 2.75) is 37.5 Å². The van der Waals surface area contributed by atoms with Gasteiger partial charge in [-0.1, -0.05) is 35.8 Å². The van der Waals surface area contributed by atoms with Gasteiger partial charge in [-0.2, -0.15) is 4.31 Å². The smallest absolute Gasteiger partial charge is 0.350 e. The van der Waals surface area contributed by atoms with Crippen LogP contribution in [0.4, 0.5) is 5.13 Å². The molecular weight excluding hydrogens is 450 g/mol. The number of aryl methyl sites for hydroxylation is 1. The predicted molar refractivity (Wildman–Crippen MR) is 115 cm³/mol. The molecule has 1 amide bonds. The molecule has 1 aromatic heterocycles. The molecule has 2 heterocycles. The molecule has 3 rings (SSSR count). The number of anilines is 1. The number of hydrogen-bond acceptors (Lipinski definition) is 7. The molecule has 0 unspecified atom stereocenters. The Labute approximate surface area is 184 Å². The zero-order valence-corrected chi connectivity index (χ0v) is 19.0. The van der Waals surface area contributed by atoms with E-state index >= 15 is 0 Å². The highest BCUT2D eigenvalue weighted by Crippen LogP contribution is 2.29. The number of amides is 1. The van der Waals surface area contributed by atoms with Crippen molar-refractivity contribution in [1.82, 2.24) is 9.29 Å². The Balaban J connectivity index is 1.85. The normalized spacial score (nSPS) is 15.4. The lowest BCUT2D eigenvalue weighted by atomic mass is 10.2. The minimum absolute atomic E-state index is 0.0638. The van der Waals surface area contributed by atoms with Gasteiger partial charge >= 0.3 is 5.97 Å². The molecule has 1 aliphatic rings. The topological polar surface area (TPSA) is 106 Å². The fraction of sp³-hybridized carbons (Fsp3) is 0.421. The van der Waals surface area contributed by atoms with Gasteiger partial charge in [-0.25, -0.2) is 18.2 Å². The van der Waals surface area contributed by atoms with Crippen molar-refractivity contribution in [1.29, 1.82) is 0 Å². The molecule has 0 bridgehead atoms. The van der Waals surface area contributed by atoms with E-state index in [0.29, 0.717) is 18.8 Å². The zero-order chi connectivity index (χ0) is 21.9. The van der Waals surface area contributed by atoms with E-state index in [1.807, 2.05) is 0 Å². The van der Waals surface area contributed by atoms with E-state index in [9.17, 15) is 18.0 Å². The lowest BCUT2D eigenvalue weighted by molar-refractivity contribution is 0.0605. The summed E-state index contributed by atoms with van der Waals surface area (Å²) in [5.74, 6) is -1.09. The maximum Gasteiger partial charge on any atom is 0.350 e. The van der Waals surface area contributed by atoms with Crippen molar-refractivity contribution < 1.29 is 22.7 Å². The number of carbonyl (C=O) groups excluding carboxylic acids is 2. The second-order valence-electron chi connectivity index (χ2n) is 6.84. The quantitative estimate of drug-likeness (QED) is 0.666. The molecule has 8 nitrogen and oxygen atoms in total. The Hall–Kier alpha value is -2.01. The summed E-state index contributed by atoms with van der Waals surface area (Å²) in [6.07, 6.45) is 3.57. The lowest BCUT2D eigenvalue weighted by Gasteiger charge is -2.21. The van der Waals surface area contributed by atoms with Crippen LogP contribution in [-0.4, -0.2) is 49.8 Å². The second kappa shape index (κ2) is 9.42. The summed E-state index contributed by atoms with van der Waals surface area (Å²) in [4.78, 5) is 28.7. The van der Waals surface area contributed by atoms with Gasteiger partial charge in [-0.3, -0.25) is 10.1 Å². The highest BCUT2D eigenvalue weighted by atomic mass is 35.5. The van der Waals surface area contributed by atoms with Crippen molar-refractivity contribution in [3.05, 3.63) is 39.4 Å². The van der Waals surface area contributed by atoms with Gasteiger partial charge in [0.15, 0.2) is 5.13 Å². The molecule has 162 valence electrons.